The first-order chi connectivity index (χ1) is 6.97. The minimum atomic E-state index is -0.500. The highest BCUT2D eigenvalue weighted by atomic mass is 16.5. The molecule has 1 aliphatic heterocycles. The summed E-state index contributed by atoms with van der Waals surface area (Å²) in [6.45, 7) is 4.05. The number of rotatable bonds is 2. The second-order valence-electron chi connectivity index (χ2n) is 4.18. The van der Waals surface area contributed by atoms with Gasteiger partial charge < -0.3 is 15.4 Å². The summed E-state index contributed by atoms with van der Waals surface area (Å²) < 4.78 is 4.65. The Balaban J connectivity index is 2.77. The van der Waals surface area contributed by atoms with Gasteiger partial charge in [-0.15, -0.1) is 0 Å². The molecule has 1 aliphatic rings. The maximum atomic E-state index is 11.8. The molecule has 15 heavy (non-hydrogen) atoms. The van der Waals surface area contributed by atoms with Crippen molar-refractivity contribution >= 4 is 11.9 Å². The first kappa shape index (κ1) is 12.0. The number of methoxy groups -OCH3 is 1. The Morgan fingerprint density at radius 1 is 1.47 bits per heavy atom. The lowest BCUT2D eigenvalue weighted by atomic mass is 10.1. The maximum absolute atomic E-state index is 11.8. The van der Waals surface area contributed by atoms with Crippen LogP contribution in [0.15, 0.2) is 0 Å². The van der Waals surface area contributed by atoms with Crippen LogP contribution in [0.2, 0.25) is 0 Å². The monoisotopic (exact) mass is 214 g/mol. The van der Waals surface area contributed by atoms with Gasteiger partial charge in [-0.2, -0.15) is 0 Å². The summed E-state index contributed by atoms with van der Waals surface area (Å²) in [6.07, 6.45) is 0.491. The summed E-state index contributed by atoms with van der Waals surface area (Å²) in [4.78, 5) is 24.7. The van der Waals surface area contributed by atoms with Crippen LogP contribution >= 0.6 is 0 Å². The Morgan fingerprint density at radius 2 is 2.07 bits per heavy atom. The summed E-state index contributed by atoms with van der Waals surface area (Å²) in [5.41, 5.74) is 5.74. The van der Waals surface area contributed by atoms with Gasteiger partial charge in [0.05, 0.1) is 7.11 Å². The largest absolute Gasteiger partial charge is 0.467 e. The molecule has 0 aromatic heterocycles. The fourth-order valence-electron chi connectivity index (χ4n) is 1.80. The van der Waals surface area contributed by atoms with Crippen LogP contribution in [0.3, 0.4) is 0 Å². The predicted octanol–water partition coefficient (Wildman–Crippen LogP) is -0.256. The molecule has 5 heteroatoms. The Labute approximate surface area is 89.6 Å². The van der Waals surface area contributed by atoms with Crippen molar-refractivity contribution < 1.29 is 14.3 Å². The van der Waals surface area contributed by atoms with E-state index in [1.165, 1.54) is 12.0 Å². The molecule has 0 radical (unpaired) electrons. The van der Waals surface area contributed by atoms with E-state index in [0.29, 0.717) is 13.0 Å². The van der Waals surface area contributed by atoms with Crippen LogP contribution in [0.25, 0.3) is 0 Å². The number of amides is 1. The minimum absolute atomic E-state index is 0.0432. The molecule has 1 rings (SSSR count). The van der Waals surface area contributed by atoms with Gasteiger partial charge in [0.2, 0.25) is 5.91 Å². The molecule has 1 amide bonds. The molecule has 1 fully saturated rings. The Kier molecular flexibility index (Phi) is 3.68. The van der Waals surface area contributed by atoms with Gasteiger partial charge in [-0.3, -0.25) is 4.79 Å². The molecule has 5 nitrogen and oxygen atoms in total. The van der Waals surface area contributed by atoms with Crippen molar-refractivity contribution in [3.05, 3.63) is 0 Å². The van der Waals surface area contributed by atoms with E-state index in [9.17, 15) is 9.59 Å². The third-order valence-electron chi connectivity index (χ3n) is 2.58. The lowest BCUT2D eigenvalue weighted by molar-refractivity contribution is -0.152. The van der Waals surface area contributed by atoms with Crippen molar-refractivity contribution in [1.82, 2.24) is 4.90 Å². The summed E-state index contributed by atoms with van der Waals surface area (Å²) in [7, 11) is 1.32. The van der Waals surface area contributed by atoms with E-state index >= 15 is 0 Å². The predicted molar refractivity (Wildman–Crippen MR) is 54.9 cm³/mol. The van der Waals surface area contributed by atoms with Crippen LogP contribution in [0.5, 0.6) is 0 Å². The van der Waals surface area contributed by atoms with E-state index in [2.05, 4.69) is 4.74 Å². The Bertz CT molecular complexity index is 265. The summed E-state index contributed by atoms with van der Waals surface area (Å²) >= 11 is 0. The van der Waals surface area contributed by atoms with Crippen molar-refractivity contribution in [2.75, 3.05) is 13.7 Å². The van der Waals surface area contributed by atoms with Crippen molar-refractivity contribution in [2.24, 2.45) is 11.7 Å². The first-order valence-corrected chi connectivity index (χ1v) is 5.11. The quantitative estimate of drug-likeness (QED) is 0.643. The van der Waals surface area contributed by atoms with Crippen LogP contribution in [-0.2, 0) is 14.3 Å². The van der Waals surface area contributed by atoms with Gasteiger partial charge in [0.1, 0.15) is 6.04 Å². The van der Waals surface area contributed by atoms with Crippen LogP contribution < -0.4 is 5.73 Å². The zero-order valence-corrected chi connectivity index (χ0v) is 9.40. The van der Waals surface area contributed by atoms with Gasteiger partial charge in [0.15, 0.2) is 0 Å². The Hall–Kier alpha value is -1.10. The number of carbonyl (C=O) groups excluding carboxylic acids is 2. The highest BCUT2D eigenvalue weighted by Crippen LogP contribution is 2.20. The van der Waals surface area contributed by atoms with Gasteiger partial charge in [-0.05, 0) is 6.42 Å². The molecular formula is C10H18N2O3. The van der Waals surface area contributed by atoms with E-state index in [1.807, 2.05) is 0 Å². The lowest BCUT2D eigenvalue weighted by Crippen LogP contribution is -2.43. The molecule has 1 saturated heterocycles. The maximum Gasteiger partial charge on any atom is 0.328 e. The highest BCUT2D eigenvalue weighted by molar-refractivity contribution is 5.86. The average Bonchev–Trinajstić information content (AvgIpc) is 2.57. The molecular weight excluding hydrogens is 196 g/mol. The van der Waals surface area contributed by atoms with Gasteiger partial charge in [-0.1, -0.05) is 13.8 Å². The highest BCUT2D eigenvalue weighted by Gasteiger charge is 2.39. The van der Waals surface area contributed by atoms with Crippen molar-refractivity contribution in [3.8, 4) is 0 Å². The van der Waals surface area contributed by atoms with Crippen molar-refractivity contribution in [2.45, 2.75) is 32.4 Å². The van der Waals surface area contributed by atoms with Gasteiger partial charge in [0, 0.05) is 18.5 Å². The second-order valence-corrected chi connectivity index (χ2v) is 4.18. The number of hydrogen-bond donors (Lipinski definition) is 1. The molecule has 86 valence electrons. The summed E-state index contributed by atoms with van der Waals surface area (Å²) in [6, 6.07) is -0.628. The molecule has 2 N–H and O–H groups in total. The zero-order valence-electron chi connectivity index (χ0n) is 9.40. The third-order valence-corrected chi connectivity index (χ3v) is 2.58. The molecule has 0 unspecified atom stereocenters. The molecule has 0 saturated carbocycles. The number of likely N-dealkylation sites (tertiary alicyclic amines) is 1. The molecule has 2 atom stereocenters. The zero-order chi connectivity index (χ0) is 11.6. The average molecular weight is 214 g/mol. The molecule has 0 aromatic rings. The van der Waals surface area contributed by atoms with Crippen LogP contribution in [0, 0.1) is 5.92 Å². The molecule has 0 aromatic carbocycles. The summed E-state index contributed by atoms with van der Waals surface area (Å²) in [5, 5.41) is 0. The van der Waals surface area contributed by atoms with Crippen LogP contribution in [-0.4, -0.2) is 42.5 Å². The topological polar surface area (TPSA) is 72.6 Å². The van der Waals surface area contributed by atoms with Crippen molar-refractivity contribution in [3.63, 3.8) is 0 Å². The van der Waals surface area contributed by atoms with E-state index in [4.69, 9.17) is 5.73 Å². The van der Waals surface area contributed by atoms with E-state index in [1.54, 1.807) is 13.8 Å². The number of hydrogen-bond acceptors (Lipinski definition) is 4. The number of esters is 1. The third kappa shape index (κ3) is 2.47. The van der Waals surface area contributed by atoms with Crippen molar-refractivity contribution in [1.29, 1.82) is 0 Å². The molecule has 0 bridgehead atoms. The van der Waals surface area contributed by atoms with Gasteiger partial charge in [-0.25, -0.2) is 4.79 Å². The molecule has 0 spiro atoms. The molecule has 1 heterocycles. The fraction of sp³-hybridized carbons (Fsp3) is 0.800. The standard InChI is InChI=1S/C10H18N2O3/c1-6(2)9(13)12-5-7(11)4-8(12)10(14)15-3/h6-8H,4-5,11H2,1-3H3/t7-,8-/m1/s1. The SMILES string of the molecule is COC(=O)[C@H]1C[C@@H](N)CN1C(=O)C(C)C. The van der Waals surface area contributed by atoms with E-state index in [0.717, 1.165) is 0 Å². The van der Waals surface area contributed by atoms with E-state index in [-0.39, 0.29) is 23.8 Å². The van der Waals surface area contributed by atoms with Gasteiger partial charge >= 0.3 is 5.97 Å². The smallest absolute Gasteiger partial charge is 0.328 e. The van der Waals surface area contributed by atoms with Crippen LogP contribution in [0.4, 0.5) is 0 Å². The lowest BCUT2D eigenvalue weighted by Gasteiger charge is -2.24. The minimum Gasteiger partial charge on any atom is -0.467 e. The number of carbonyl (C=O) groups is 2. The van der Waals surface area contributed by atoms with E-state index < -0.39 is 6.04 Å². The number of nitrogens with zero attached hydrogens (tertiary/aromatic N) is 1. The normalized spacial score (nSPS) is 25.8. The number of ether oxygens (including phenoxy) is 1. The van der Waals surface area contributed by atoms with Gasteiger partial charge in [0.25, 0.3) is 0 Å². The van der Waals surface area contributed by atoms with Crippen LogP contribution in [0.1, 0.15) is 20.3 Å². The first-order valence-electron chi connectivity index (χ1n) is 5.11. The number of nitrogens with two attached hydrogens (primary N) is 1. The summed E-state index contributed by atoms with van der Waals surface area (Å²) in [5.74, 6) is -0.544. The Morgan fingerprint density at radius 3 is 2.53 bits per heavy atom. The fourth-order valence-corrected chi connectivity index (χ4v) is 1.80. The second kappa shape index (κ2) is 4.61. The molecule has 0 aliphatic carbocycles.